The van der Waals surface area contributed by atoms with E-state index in [9.17, 15) is 17.6 Å². The summed E-state index contributed by atoms with van der Waals surface area (Å²) in [6.45, 7) is 0.269. The van der Waals surface area contributed by atoms with Gasteiger partial charge in [-0.1, -0.05) is 30.3 Å². The predicted molar refractivity (Wildman–Crippen MR) is 104 cm³/mol. The Bertz CT molecular complexity index is 1030. The van der Waals surface area contributed by atoms with E-state index in [1.165, 1.54) is 18.2 Å². The molecule has 1 heterocycles. The van der Waals surface area contributed by atoms with Crippen LogP contribution in [0.3, 0.4) is 0 Å². The van der Waals surface area contributed by atoms with Gasteiger partial charge in [0, 0.05) is 17.8 Å². The molecule has 0 aliphatic heterocycles. The maximum atomic E-state index is 13.6. The summed E-state index contributed by atoms with van der Waals surface area (Å²) in [4.78, 5) is 12.3. The molecule has 0 bridgehead atoms. The number of anilines is 1. The fourth-order valence-electron chi connectivity index (χ4n) is 2.46. The van der Waals surface area contributed by atoms with Gasteiger partial charge in [0.1, 0.15) is 10.0 Å². The molecule has 3 aromatic rings. The molecule has 0 aliphatic rings. The average molecular weight is 404 g/mol. The van der Waals surface area contributed by atoms with E-state index in [1.54, 1.807) is 47.8 Å². The van der Waals surface area contributed by atoms with Crippen LogP contribution >= 0.6 is 11.3 Å². The first-order chi connectivity index (χ1) is 13.0. The van der Waals surface area contributed by atoms with Crippen LogP contribution in [-0.2, 0) is 16.4 Å². The van der Waals surface area contributed by atoms with E-state index >= 15 is 0 Å². The van der Waals surface area contributed by atoms with Crippen molar-refractivity contribution in [3.63, 3.8) is 0 Å². The summed E-state index contributed by atoms with van der Waals surface area (Å²) in [5, 5.41) is 4.39. The first kappa shape index (κ1) is 19.1. The molecule has 2 N–H and O–H groups in total. The molecule has 0 fully saturated rings. The second-order valence-electron chi connectivity index (χ2n) is 5.72. The Morgan fingerprint density at radius 2 is 1.85 bits per heavy atom. The first-order valence-corrected chi connectivity index (χ1v) is 10.5. The summed E-state index contributed by atoms with van der Waals surface area (Å²) in [5.41, 5.74) is 1.13. The van der Waals surface area contributed by atoms with Crippen molar-refractivity contribution in [1.82, 2.24) is 5.32 Å². The van der Waals surface area contributed by atoms with Gasteiger partial charge >= 0.3 is 0 Å². The van der Waals surface area contributed by atoms with Crippen LogP contribution in [0.1, 0.15) is 15.9 Å². The number of hydrogen-bond donors (Lipinski definition) is 2. The molecule has 27 heavy (non-hydrogen) atoms. The molecule has 0 aliphatic carbocycles. The number of hydrogen-bond acceptors (Lipinski definition) is 4. The monoisotopic (exact) mass is 404 g/mol. The van der Waals surface area contributed by atoms with E-state index in [0.29, 0.717) is 23.2 Å². The summed E-state index contributed by atoms with van der Waals surface area (Å²) in [5.74, 6) is -0.666. The highest BCUT2D eigenvalue weighted by atomic mass is 32.2. The van der Waals surface area contributed by atoms with E-state index in [0.717, 1.165) is 11.3 Å². The number of amides is 1. The molecule has 1 aromatic heterocycles. The van der Waals surface area contributed by atoms with Crippen molar-refractivity contribution in [3.05, 3.63) is 83.0 Å². The zero-order valence-electron chi connectivity index (χ0n) is 14.2. The molecule has 2 aromatic carbocycles. The standard InChI is InChI=1S/C19H17FN2O3S2/c20-17-8-2-1-5-14(17)10-11-21-19(23)15-6-3-7-16(13-15)22-27(24,25)18-9-4-12-26-18/h1-9,12-13,22H,10-11H2,(H,21,23). The van der Waals surface area contributed by atoms with Gasteiger partial charge in [-0.2, -0.15) is 0 Å². The molecule has 3 rings (SSSR count). The number of carbonyl (C=O) groups is 1. The van der Waals surface area contributed by atoms with E-state index in [2.05, 4.69) is 10.0 Å². The number of halogens is 1. The smallest absolute Gasteiger partial charge is 0.271 e. The molecule has 0 saturated carbocycles. The molecule has 0 spiro atoms. The van der Waals surface area contributed by atoms with Crippen LogP contribution in [0.2, 0.25) is 0 Å². The summed E-state index contributed by atoms with van der Waals surface area (Å²) >= 11 is 1.11. The van der Waals surface area contributed by atoms with Crippen LogP contribution in [-0.4, -0.2) is 20.9 Å². The normalized spacial score (nSPS) is 11.1. The lowest BCUT2D eigenvalue weighted by molar-refractivity contribution is 0.0954. The van der Waals surface area contributed by atoms with Crippen molar-refractivity contribution >= 4 is 33.0 Å². The van der Waals surface area contributed by atoms with Crippen LogP contribution in [0.5, 0.6) is 0 Å². The van der Waals surface area contributed by atoms with E-state index < -0.39 is 10.0 Å². The average Bonchev–Trinajstić information content (AvgIpc) is 3.19. The highest BCUT2D eigenvalue weighted by Crippen LogP contribution is 2.20. The number of rotatable bonds is 7. The van der Waals surface area contributed by atoms with Gasteiger partial charge in [0.2, 0.25) is 0 Å². The van der Waals surface area contributed by atoms with Gasteiger partial charge in [-0.25, -0.2) is 12.8 Å². The van der Waals surface area contributed by atoms with E-state index in [4.69, 9.17) is 0 Å². The second-order valence-corrected chi connectivity index (χ2v) is 8.57. The van der Waals surface area contributed by atoms with E-state index in [1.807, 2.05) is 0 Å². The fourth-order valence-corrected chi connectivity index (χ4v) is 4.50. The highest BCUT2D eigenvalue weighted by molar-refractivity contribution is 7.94. The van der Waals surface area contributed by atoms with Gasteiger partial charge in [-0.15, -0.1) is 11.3 Å². The second kappa shape index (κ2) is 8.32. The number of nitrogens with one attached hydrogen (secondary N) is 2. The van der Waals surface area contributed by atoms with Gasteiger partial charge in [0.25, 0.3) is 15.9 Å². The van der Waals surface area contributed by atoms with Crippen LogP contribution in [0.15, 0.2) is 70.3 Å². The van der Waals surface area contributed by atoms with Crippen LogP contribution in [0, 0.1) is 5.82 Å². The zero-order valence-corrected chi connectivity index (χ0v) is 15.8. The lowest BCUT2D eigenvalue weighted by Gasteiger charge is -2.09. The molecular formula is C19H17FN2O3S2. The fraction of sp³-hybridized carbons (Fsp3) is 0.105. The Labute approximate surface area is 160 Å². The molecule has 5 nitrogen and oxygen atoms in total. The Morgan fingerprint density at radius 3 is 2.59 bits per heavy atom. The summed E-state index contributed by atoms with van der Waals surface area (Å²) in [6.07, 6.45) is 0.364. The Kier molecular flexibility index (Phi) is 5.88. The first-order valence-electron chi connectivity index (χ1n) is 8.14. The Balaban J connectivity index is 1.63. The van der Waals surface area contributed by atoms with Crippen molar-refractivity contribution in [2.24, 2.45) is 0 Å². The minimum Gasteiger partial charge on any atom is -0.352 e. The van der Waals surface area contributed by atoms with Crippen molar-refractivity contribution in [2.75, 3.05) is 11.3 Å². The van der Waals surface area contributed by atoms with Crippen LogP contribution in [0.4, 0.5) is 10.1 Å². The third-order valence-electron chi connectivity index (χ3n) is 3.77. The Morgan fingerprint density at radius 1 is 1.04 bits per heavy atom. The maximum absolute atomic E-state index is 13.6. The van der Waals surface area contributed by atoms with Gasteiger partial charge in [-0.3, -0.25) is 9.52 Å². The van der Waals surface area contributed by atoms with Crippen LogP contribution in [0.25, 0.3) is 0 Å². The number of thiophene rings is 1. The van der Waals surface area contributed by atoms with Gasteiger partial charge in [0.05, 0.1) is 0 Å². The number of benzene rings is 2. The molecular weight excluding hydrogens is 387 g/mol. The van der Waals surface area contributed by atoms with Crippen molar-refractivity contribution < 1.29 is 17.6 Å². The molecule has 0 unspecified atom stereocenters. The third-order valence-corrected chi connectivity index (χ3v) is 6.55. The minimum absolute atomic E-state index is 0.197. The SMILES string of the molecule is O=C(NCCc1ccccc1F)c1cccc(NS(=O)(=O)c2cccs2)c1. The molecule has 0 radical (unpaired) electrons. The maximum Gasteiger partial charge on any atom is 0.271 e. The predicted octanol–water partition coefficient (Wildman–Crippen LogP) is 3.66. The Hall–Kier alpha value is -2.71. The minimum atomic E-state index is -3.68. The third kappa shape index (κ3) is 4.93. The largest absolute Gasteiger partial charge is 0.352 e. The zero-order chi connectivity index (χ0) is 19.3. The van der Waals surface area contributed by atoms with E-state index in [-0.39, 0.29) is 22.5 Å². The molecule has 0 saturated heterocycles. The van der Waals surface area contributed by atoms with Gasteiger partial charge in [-0.05, 0) is 47.7 Å². The summed E-state index contributed by atoms with van der Waals surface area (Å²) < 4.78 is 40.8. The number of sulfonamides is 1. The van der Waals surface area contributed by atoms with Crippen molar-refractivity contribution in [1.29, 1.82) is 0 Å². The lowest BCUT2D eigenvalue weighted by atomic mass is 10.1. The quantitative estimate of drug-likeness (QED) is 0.631. The topological polar surface area (TPSA) is 75.3 Å². The molecule has 140 valence electrons. The van der Waals surface area contributed by atoms with Gasteiger partial charge in [0.15, 0.2) is 0 Å². The number of carbonyl (C=O) groups excluding carboxylic acids is 1. The van der Waals surface area contributed by atoms with Crippen LogP contribution < -0.4 is 10.0 Å². The molecule has 0 atom stereocenters. The highest BCUT2D eigenvalue weighted by Gasteiger charge is 2.16. The van der Waals surface area contributed by atoms with Crippen molar-refractivity contribution in [2.45, 2.75) is 10.6 Å². The van der Waals surface area contributed by atoms with Crippen molar-refractivity contribution in [3.8, 4) is 0 Å². The molecule has 1 amide bonds. The lowest BCUT2D eigenvalue weighted by Crippen LogP contribution is -2.26. The molecule has 8 heteroatoms. The summed E-state index contributed by atoms with van der Waals surface area (Å²) in [7, 11) is -3.68. The van der Waals surface area contributed by atoms with Gasteiger partial charge < -0.3 is 5.32 Å². The summed E-state index contributed by atoms with van der Waals surface area (Å²) in [6, 6.07) is 15.8.